The average Bonchev–Trinajstić information content (AvgIpc) is 3.53. The third kappa shape index (κ3) is 20.6. The number of aromatic nitrogens is 4. The molecule has 0 saturated carbocycles. The summed E-state index contributed by atoms with van der Waals surface area (Å²) in [6, 6.07) is 10.2. The molecule has 69 heavy (non-hydrogen) atoms. The molecule has 20 heteroatoms. The number of benzene rings is 3. The van der Waals surface area contributed by atoms with Gasteiger partial charge in [0, 0.05) is 10.8 Å². The van der Waals surface area contributed by atoms with Crippen LogP contribution in [0.5, 0.6) is 0 Å². The summed E-state index contributed by atoms with van der Waals surface area (Å²) in [6.07, 6.45) is -22.5. The van der Waals surface area contributed by atoms with Crippen LogP contribution >= 0.6 is 11.3 Å². The minimum Gasteiger partial charge on any atom is -0.247 e. The largest absolute Gasteiger partial charge is 0.451 e. The van der Waals surface area contributed by atoms with E-state index in [-0.39, 0.29) is 41.0 Å². The molecule has 5 aromatic rings. The van der Waals surface area contributed by atoms with Gasteiger partial charge in [-0.05, 0) is 105 Å². The lowest BCUT2D eigenvalue weighted by Crippen LogP contribution is -2.15. The second-order valence-corrected chi connectivity index (χ2v) is 18.8. The molecule has 0 aliphatic carbocycles. The summed E-state index contributed by atoms with van der Waals surface area (Å²) in [5.74, 6) is -0.838. The Kier molecular flexibility index (Phi) is 22.5. The highest BCUT2D eigenvalue weighted by atomic mass is 32.1. The Morgan fingerprint density at radius 2 is 0.928 bits per heavy atom. The fourth-order valence-electron chi connectivity index (χ4n) is 6.18. The Morgan fingerprint density at radius 3 is 1.30 bits per heavy atom. The molecule has 0 amide bonds. The molecule has 2 heterocycles. The van der Waals surface area contributed by atoms with Gasteiger partial charge in [-0.2, -0.15) is 65.9 Å². The second kappa shape index (κ2) is 24.9. The van der Waals surface area contributed by atoms with Gasteiger partial charge >= 0.3 is 30.9 Å². The minimum atomic E-state index is -4.78. The van der Waals surface area contributed by atoms with E-state index in [1.165, 1.54) is 54.5 Å². The molecule has 0 fully saturated rings. The van der Waals surface area contributed by atoms with E-state index in [1.807, 2.05) is 25.2 Å². The molecule has 386 valence electrons. The number of halogens is 15. The van der Waals surface area contributed by atoms with Gasteiger partial charge in [-0.3, -0.25) is 0 Å². The number of thiazole rings is 1. The molecule has 0 spiro atoms. The number of rotatable bonds is 5. The van der Waals surface area contributed by atoms with Gasteiger partial charge in [0.1, 0.15) is 11.6 Å². The maximum Gasteiger partial charge on any atom is 0.451 e. The van der Waals surface area contributed by atoms with Gasteiger partial charge in [0.25, 0.3) is 0 Å². The molecule has 0 bridgehead atoms. The highest BCUT2D eigenvalue weighted by Crippen LogP contribution is 2.40. The molecular weight excluding hydrogens is 962 g/mol. The number of alkyl halides is 15. The van der Waals surface area contributed by atoms with Crippen molar-refractivity contribution in [1.82, 2.24) is 19.9 Å². The highest BCUT2D eigenvalue weighted by Gasteiger charge is 2.39. The molecule has 0 saturated heterocycles. The molecule has 5 rings (SSSR count). The quantitative estimate of drug-likeness (QED) is 0.165. The van der Waals surface area contributed by atoms with E-state index in [2.05, 4.69) is 47.6 Å². The van der Waals surface area contributed by atoms with Gasteiger partial charge in [0.2, 0.25) is 5.82 Å². The fourth-order valence-corrected chi connectivity index (χ4v) is 7.11. The van der Waals surface area contributed by atoms with Gasteiger partial charge in [0.15, 0.2) is 0 Å². The predicted molar refractivity (Wildman–Crippen MR) is 240 cm³/mol. The normalized spacial score (nSPS) is 12.3. The van der Waals surface area contributed by atoms with Crippen molar-refractivity contribution >= 4 is 11.3 Å². The summed E-state index contributed by atoms with van der Waals surface area (Å²) in [4.78, 5) is 16.2. The molecule has 0 aliphatic rings. The van der Waals surface area contributed by atoms with Crippen LogP contribution in [0.1, 0.15) is 182 Å². The first-order valence-corrected chi connectivity index (χ1v) is 22.3. The Morgan fingerprint density at radius 1 is 0.406 bits per heavy atom. The van der Waals surface area contributed by atoms with Crippen LogP contribution in [-0.4, -0.2) is 19.9 Å². The van der Waals surface area contributed by atoms with Crippen molar-refractivity contribution < 1.29 is 65.9 Å². The van der Waals surface area contributed by atoms with Crippen molar-refractivity contribution in [3.05, 3.63) is 138 Å². The minimum absolute atomic E-state index is 0.0935. The van der Waals surface area contributed by atoms with Gasteiger partial charge in [-0.25, -0.2) is 19.9 Å². The van der Waals surface area contributed by atoms with E-state index < -0.39 is 64.9 Å². The Hall–Kier alpha value is -4.75. The van der Waals surface area contributed by atoms with Crippen LogP contribution in [0.25, 0.3) is 0 Å². The van der Waals surface area contributed by atoms with E-state index in [0.29, 0.717) is 23.1 Å². The Labute approximate surface area is 398 Å². The lowest BCUT2D eigenvalue weighted by Gasteiger charge is -2.17. The summed E-state index contributed by atoms with van der Waals surface area (Å²) in [5, 5.41) is 1.18. The molecular formula is C49H59F15N4S. The zero-order valence-corrected chi connectivity index (χ0v) is 41.8. The standard InChI is InChI=1S/C11H10F6.2C11H13F3.C8H10F3N3.C8H13NS/c1-6(2)8-4-3-7(10(12,13)14)5-9(8)11(15,16)17;1-7(2)9-4-8(3)5-10(6-9)11(12,13)14;1-7(2)9-6-8(3)4-5-10(9)11(12,13)14;1-4(2)6-12-5(3)13-7(14-6)8(9,10)11;1-5(2)8-6(3)9-7(4)10-8/h3-6H,1-2H3;2*4-7H,1-3H3;4H,1-3H3;5H,1-4H3. The van der Waals surface area contributed by atoms with Gasteiger partial charge in [-0.1, -0.05) is 105 Å². The Bertz CT molecular complexity index is 2320. The fraction of sp³-hybridized carbons (Fsp3) is 0.510. The lowest BCUT2D eigenvalue weighted by molar-refractivity contribution is -0.145. The van der Waals surface area contributed by atoms with E-state index in [1.54, 1.807) is 53.7 Å². The van der Waals surface area contributed by atoms with Crippen LogP contribution in [0.15, 0.2) is 54.6 Å². The number of hydrogen-bond acceptors (Lipinski definition) is 5. The summed E-state index contributed by atoms with van der Waals surface area (Å²) in [6.45, 7) is 27.2. The second-order valence-electron chi connectivity index (χ2n) is 17.5. The van der Waals surface area contributed by atoms with Crippen molar-refractivity contribution in [1.29, 1.82) is 0 Å². The topological polar surface area (TPSA) is 51.6 Å². The molecule has 0 atom stereocenters. The van der Waals surface area contributed by atoms with Crippen molar-refractivity contribution in [2.24, 2.45) is 0 Å². The van der Waals surface area contributed by atoms with Crippen LogP contribution in [0, 0.1) is 34.6 Å². The maximum absolute atomic E-state index is 12.6. The summed E-state index contributed by atoms with van der Waals surface area (Å²) in [5.41, 5.74) is 0.124. The van der Waals surface area contributed by atoms with Gasteiger partial charge in [0.05, 0.1) is 33.0 Å². The van der Waals surface area contributed by atoms with Gasteiger partial charge in [-0.15, -0.1) is 11.3 Å². The Balaban J connectivity index is 0.000000435. The van der Waals surface area contributed by atoms with E-state index in [0.717, 1.165) is 23.3 Å². The first kappa shape index (κ1) is 62.3. The summed E-state index contributed by atoms with van der Waals surface area (Å²) in [7, 11) is 0. The van der Waals surface area contributed by atoms with E-state index >= 15 is 0 Å². The summed E-state index contributed by atoms with van der Waals surface area (Å²) >= 11 is 1.81. The van der Waals surface area contributed by atoms with E-state index in [4.69, 9.17) is 0 Å². The lowest BCUT2D eigenvalue weighted by atomic mass is 9.95. The van der Waals surface area contributed by atoms with Crippen molar-refractivity contribution in [3.8, 4) is 0 Å². The zero-order valence-electron chi connectivity index (χ0n) is 40.9. The molecule has 3 aromatic carbocycles. The number of nitrogens with zero attached hydrogens (tertiary/aromatic N) is 4. The van der Waals surface area contributed by atoms with Crippen LogP contribution < -0.4 is 0 Å². The molecule has 0 N–H and O–H groups in total. The SMILES string of the molecule is CC(C)c1ccc(C(F)(F)F)cc1C(F)(F)F.Cc1cc(C(C)C)cc(C(F)(F)F)c1.Cc1ccc(C(F)(F)F)c(C(C)C)c1.Cc1nc(C(C)C)nc(C(F)(F)F)n1.Cc1nc(C)c(C(C)C)s1. The smallest absolute Gasteiger partial charge is 0.247 e. The monoisotopic (exact) mass is 1020 g/mol. The van der Waals surface area contributed by atoms with Crippen LogP contribution in [0.4, 0.5) is 65.9 Å². The van der Waals surface area contributed by atoms with E-state index in [9.17, 15) is 65.9 Å². The van der Waals surface area contributed by atoms with Crippen LogP contribution in [0.3, 0.4) is 0 Å². The molecule has 0 unspecified atom stereocenters. The third-order valence-electron chi connectivity index (χ3n) is 9.53. The maximum atomic E-state index is 12.6. The van der Waals surface area contributed by atoms with Crippen LogP contribution in [0.2, 0.25) is 0 Å². The van der Waals surface area contributed by atoms with Crippen LogP contribution in [-0.2, 0) is 30.9 Å². The van der Waals surface area contributed by atoms with Gasteiger partial charge < -0.3 is 0 Å². The molecule has 0 aliphatic heterocycles. The number of hydrogen-bond donors (Lipinski definition) is 0. The predicted octanol–water partition coefficient (Wildman–Crippen LogP) is 18.3. The average molecular weight is 1020 g/mol. The first-order chi connectivity index (χ1) is 31.1. The zero-order chi connectivity index (χ0) is 53.9. The third-order valence-corrected chi connectivity index (χ3v) is 10.9. The summed E-state index contributed by atoms with van der Waals surface area (Å²) < 4.78 is 186. The molecule has 4 nitrogen and oxygen atoms in total. The van der Waals surface area contributed by atoms with Crippen molar-refractivity contribution in [3.63, 3.8) is 0 Å². The van der Waals surface area contributed by atoms with Crippen molar-refractivity contribution in [2.75, 3.05) is 0 Å². The number of aryl methyl sites for hydroxylation is 5. The molecule has 0 radical (unpaired) electrons. The first-order valence-electron chi connectivity index (χ1n) is 21.5. The highest BCUT2D eigenvalue weighted by molar-refractivity contribution is 7.11. The van der Waals surface area contributed by atoms with Crippen molar-refractivity contribution in [2.45, 2.75) is 164 Å². The molecule has 2 aromatic heterocycles.